The maximum absolute atomic E-state index is 13.3. The largest absolute Gasteiger partial charge is 0.325 e. The minimum atomic E-state index is -0.416. The van der Waals surface area contributed by atoms with Crippen molar-refractivity contribution in [3.8, 4) is 0 Å². The zero-order valence-corrected chi connectivity index (χ0v) is 20.2. The molecule has 1 unspecified atom stereocenters. The fraction of sp³-hybridized carbons (Fsp3) is 0.400. The van der Waals surface area contributed by atoms with E-state index in [1.807, 2.05) is 61.5 Å². The number of thioether (sulfide) groups is 1. The Hall–Kier alpha value is -2.64. The first-order chi connectivity index (χ1) is 15.3. The number of fused-ring (bicyclic) bond motifs is 1. The summed E-state index contributed by atoms with van der Waals surface area (Å²) in [4.78, 5) is 33.2. The summed E-state index contributed by atoms with van der Waals surface area (Å²) in [7, 11) is 0. The van der Waals surface area contributed by atoms with E-state index in [2.05, 4.69) is 37.9 Å². The van der Waals surface area contributed by atoms with Crippen molar-refractivity contribution < 1.29 is 4.79 Å². The van der Waals surface area contributed by atoms with E-state index in [1.165, 1.54) is 11.8 Å². The predicted molar refractivity (Wildman–Crippen MR) is 133 cm³/mol. The minimum absolute atomic E-state index is 0.0683. The Morgan fingerprint density at radius 1 is 1.00 bits per heavy atom. The normalized spacial score (nSPS) is 12.6. The van der Waals surface area contributed by atoms with Crippen LogP contribution in [0.15, 0.2) is 64.5 Å². The summed E-state index contributed by atoms with van der Waals surface area (Å²) in [5, 5.41) is 3.68. The van der Waals surface area contributed by atoms with Crippen molar-refractivity contribution in [2.45, 2.75) is 63.7 Å². The second kappa shape index (κ2) is 10.8. The van der Waals surface area contributed by atoms with Crippen LogP contribution in [0.3, 0.4) is 0 Å². The average molecular weight is 453 g/mol. The molecule has 7 heteroatoms. The first kappa shape index (κ1) is 24.0. The molecule has 1 N–H and O–H groups in total. The fourth-order valence-corrected chi connectivity index (χ4v) is 4.67. The van der Waals surface area contributed by atoms with E-state index < -0.39 is 5.25 Å². The Kier molecular flexibility index (Phi) is 8.10. The van der Waals surface area contributed by atoms with Crippen molar-refractivity contribution in [2.75, 3.05) is 11.9 Å². The van der Waals surface area contributed by atoms with E-state index in [9.17, 15) is 9.59 Å². The summed E-state index contributed by atoms with van der Waals surface area (Å²) in [6, 6.07) is 17.5. The number of nitrogens with one attached hydrogen (secondary N) is 1. The van der Waals surface area contributed by atoms with Crippen molar-refractivity contribution in [2.24, 2.45) is 0 Å². The van der Waals surface area contributed by atoms with E-state index in [4.69, 9.17) is 4.98 Å². The van der Waals surface area contributed by atoms with Gasteiger partial charge in [0.05, 0.1) is 16.2 Å². The lowest BCUT2D eigenvalue weighted by Gasteiger charge is -2.31. The number of rotatable bonds is 9. The lowest BCUT2D eigenvalue weighted by Crippen LogP contribution is -2.40. The smallest absolute Gasteiger partial charge is 0.262 e. The quantitative estimate of drug-likeness (QED) is 0.379. The molecular formula is C25H32N4O2S. The van der Waals surface area contributed by atoms with Gasteiger partial charge in [0.1, 0.15) is 0 Å². The molecule has 3 rings (SSSR count). The van der Waals surface area contributed by atoms with Gasteiger partial charge in [0.15, 0.2) is 5.16 Å². The molecule has 1 aromatic heterocycles. The number of carbonyl (C=O) groups is 1. The second-order valence-electron chi connectivity index (χ2n) is 8.41. The first-order valence-corrected chi connectivity index (χ1v) is 11.9. The van der Waals surface area contributed by atoms with Crippen LogP contribution in [0, 0.1) is 0 Å². The van der Waals surface area contributed by atoms with Gasteiger partial charge in [-0.15, -0.1) is 0 Å². The molecule has 0 aliphatic rings. The number of anilines is 1. The van der Waals surface area contributed by atoms with Gasteiger partial charge in [-0.3, -0.25) is 19.1 Å². The van der Waals surface area contributed by atoms with E-state index in [0.717, 1.165) is 12.2 Å². The molecule has 0 fully saturated rings. The standard InChI is InChI=1S/C25H32N4O2S/c1-17(2)28(18(3)4)15-16-29-24(31)21-13-9-10-14-22(21)27-25(29)32-19(5)23(30)26-20-11-7-6-8-12-20/h6-14,17-19H,15-16H2,1-5H3,(H,26,30). The number of para-hydroxylation sites is 2. The van der Waals surface area contributed by atoms with Gasteiger partial charge in [-0.1, -0.05) is 42.1 Å². The predicted octanol–water partition coefficient (Wildman–Crippen LogP) is 4.63. The minimum Gasteiger partial charge on any atom is -0.325 e. The third-order valence-electron chi connectivity index (χ3n) is 5.43. The summed E-state index contributed by atoms with van der Waals surface area (Å²) >= 11 is 1.32. The topological polar surface area (TPSA) is 67.2 Å². The maximum Gasteiger partial charge on any atom is 0.262 e. The molecule has 0 saturated carbocycles. The zero-order chi connectivity index (χ0) is 23.3. The SMILES string of the molecule is CC(Sc1nc2ccccc2c(=O)n1CCN(C(C)C)C(C)C)C(=O)Nc1ccccc1. The fourth-order valence-electron chi connectivity index (χ4n) is 3.74. The van der Waals surface area contributed by atoms with Crippen LogP contribution in [0.4, 0.5) is 5.69 Å². The number of hydrogen-bond donors (Lipinski definition) is 1. The van der Waals surface area contributed by atoms with Crippen LogP contribution >= 0.6 is 11.8 Å². The van der Waals surface area contributed by atoms with Gasteiger partial charge in [-0.2, -0.15) is 0 Å². The Morgan fingerprint density at radius 2 is 1.62 bits per heavy atom. The lowest BCUT2D eigenvalue weighted by atomic mass is 10.2. The van der Waals surface area contributed by atoms with Crippen molar-refractivity contribution in [1.82, 2.24) is 14.5 Å². The van der Waals surface area contributed by atoms with Gasteiger partial charge in [0.2, 0.25) is 5.91 Å². The molecule has 170 valence electrons. The molecule has 6 nitrogen and oxygen atoms in total. The second-order valence-corrected chi connectivity index (χ2v) is 9.72. The highest BCUT2D eigenvalue weighted by Gasteiger charge is 2.21. The van der Waals surface area contributed by atoms with Crippen LogP contribution in [0.1, 0.15) is 34.6 Å². The third-order valence-corrected chi connectivity index (χ3v) is 6.52. The van der Waals surface area contributed by atoms with Gasteiger partial charge >= 0.3 is 0 Å². The molecule has 2 aromatic carbocycles. The first-order valence-electron chi connectivity index (χ1n) is 11.1. The van der Waals surface area contributed by atoms with Crippen LogP contribution in [0.2, 0.25) is 0 Å². The summed E-state index contributed by atoms with van der Waals surface area (Å²) in [5.74, 6) is -0.124. The molecule has 1 heterocycles. The monoisotopic (exact) mass is 452 g/mol. The molecule has 3 aromatic rings. The number of hydrogen-bond acceptors (Lipinski definition) is 5. The van der Waals surface area contributed by atoms with Gasteiger partial charge in [0.25, 0.3) is 5.56 Å². The Morgan fingerprint density at radius 3 is 2.28 bits per heavy atom. The Bertz CT molecular complexity index is 1100. The molecule has 32 heavy (non-hydrogen) atoms. The van der Waals surface area contributed by atoms with E-state index in [0.29, 0.717) is 34.7 Å². The van der Waals surface area contributed by atoms with E-state index in [-0.39, 0.29) is 11.5 Å². The summed E-state index contributed by atoms with van der Waals surface area (Å²) in [5.41, 5.74) is 1.33. The number of aromatic nitrogens is 2. The summed E-state index contributed by atoms with van der Waals surface area (Å²) < 4.78 is 1.72. The van der Waals surface area contributed by atoms with Gasteiger partial charge in [0, 0.05) is 30.9 Å². The van der Waals surface area contributed by atoms with Crippen molar-refractivity contribution in [3.05, 3.63) is 65.0 Å². The zero-order valence-electron chi connectivity index (χ0n) is 19.4. The van der Waals surface area contributed by atoms with Gasteiger partial charge < -0.3 is 5.32 Å². The number of carbonyl (C=O) groups excluding carboxylic acids is 1. The van der Waals surface area contributed by atoms with Crippen LogP contribution in [0.25, 0.3) is 10.9 Å². The lowest BCUT2D eigenvalue weighted by molar-refractivity contribution is -0.115. The highest BCUT2D eigenvalue weighted by molar-refractivity contribution is 8.00. The summed E-state index contributed by atoms with van der Waals surface area (Å²) in [6.45, 7) is 11.7. The Balaban J connectivity index is 1.89. The molecule has 0 saturated heterocycles. The highest BCUT2D eigenvalue weighted by Crippen LogP contribution is 2.24. The van der Waals surface area contributed by atoms with Gasteiger partial charge in [-0.05, 0) is 58.9 Å². The maximum atomic E-state index is 13.3. The molecule has 0 spiro atoms. The number of benzene rings is 2. The van der Waals surface area contributed by atoms with Crippen molar-refractivity contribution in [1.29, 1.82) is 0 Å². The molecule has 0 aliphatic carbocycles. The molecular weight excluding hydrogens is 420 g/mol. The van der Waals surface area contributed by atoms with Crippen LogP contribution in [-0.2, 0) is 11.3 Å². The van der Waals surface area contributed by atoms with Crippen LogP contribution in [0.5, 0.6) is 0 Å². The van der Waals surface area contributed by atoms with Crippen LogP contribution in [-0.4, -0.2) is 44.2 Å². The summed E-state index contributed by atoms with van der Waals surface area (Å²) in [6.07, 6.45) is 0. The Labute approximate surface area is 194 Å². The molecule has 0 bridgehead atoms. The average Bonchev–Trinajstić information content (AvgIpc) is 2.76. The van der Waals surface area contributed by atoms with Crippen molar-refractivity contribution in [3.63, 3.8) is 0 Å². The van der Waals surface area contributed by atoms with Gasteiger partial charge in [-0.25, -0.2) is 4.98 Å². The molecule has 0 aliphatic heterocycles. The highest BCUT2D eigenvalue weighted by atomic mass is 32.2. The van der Waals surface area contributed by atoms with Crippen LogP contribution < -0.4 is 10.9 Å². The van der Waals surface area contributed by atoms with E-state index in [1.54, 1.807) is 4.57 Å². The number of amides is 1. The third kappa shape index (κ3) is 5.78. The number of nitrogens with zero attached hydrogens (tertiary/aromatic N) is 3. The van der Waals surface area contributed by atoms with E-state index >= 15 is 0 Å². The van der Waals surface area contributed by atoms with Crippen molar-refractivity contribution >= 4 is 34.3 Å². The molecule has 0 radical (unpaired) electrons. The molecule has 1 amide bonds. The molecule has 1 atom stereocenters.